The van der Waals surface area contributed by atoms with E-state index in [1.54, 1.807) is 12.1 Å². The molecular weight excluding hydrogens is 316 g/mol. The van der Waals surface area contributed by atoms with E-state index < -0.39 is 17.5 Å². The van der Waals surface area contributed by atoms with E-state index in [-0.39, 0.29) is 17.8 Å². The average Bonchev–Trinajstić information content (AvgIpc) is 2.49. The average molecular weight is 329 g/mol. The molecule has 0 radical (unpaired) electrons. The van der Waals surface area contributed by atoms with E-state index in [1.807, 2.05) is 13.0 Å². The van der Waals surface area contributed by atoms with Crippen LogP contribution in [0.1, 0.15) is 5.56 Å². The summed E-state index contributed by atoms with van der Waals surface area (Å²) in [7, 11) is 0. The molecule has 0 aliphatic carbocycles. The highest BCUT2D eigenvalue weighted by atomic mass is 19.1. The maximum absolute atomic E-state index is 13.1. The van der Waals surface area contributed by atoms with Crippen LogP contribution in [-0.4, -0.2) is 15.5 Å². The number of carbonyl (C=O) groups is 1. The number of amides is 1. The van der Waals surface area contributed by atoms with Gasteiger partial charge in [0.15, 0.2) is 0 Å². The lowest BCUT2D eigenvalue weighted by Gasteiger charge is -2.08. The molecule has 24 heavy (non-hydrogen) atoms. The summed E-state index contributed by atoms with van der Waals surface area (Å²) < 4.78 is 27.4. The summed E-state index contributed by atoms with van der Waals surface area (Å²) in [5.41, 5.74) is 1.06. The minimum atomic E-state index is -0.801. The number of anilines is 1. The zero-order valence-electron chi connectivity index (χ0n) is 12.7. The quantitative estimate of drug-likeness (QED) is 0.803. The lowest BCUT2D eigenvalue weighted by atomic mass is 10.2. The largest absolute Gasteiger partial charge is 0.324 e. The van der Waals surface area contributed by atoms with Crippen molar-refractivity contribution in [2.75, 3.05) is 5.32 Å². The molecule has 0 spiro atoms. The monoisotopic (exact) mass is 329 g/mol. The summed E-state index contributed by atoms with van der Waals surface area (Å²) in [4.78, 5) is 28.6. The second-order valence-electron chi connectivity index (χ2n) is 5.40. The smallest absolute Gasteiger partial charge is 0.261 e. The molecule has 7 heteroatoms. The van der Waals surface area contributed by atoms with Crippen LogP contribution in [0.2, 0.25) is 0 Å². The molecule has 0 atom stereocenters. The lowest BCUT2D eigenvalue weighted by molar-refractivity contribution is -0.116. The SMILES string of the molecule is Cc1ccc2ncn(CC(=O)Nc3cc(F)cc(F)c3)c(=O)c2c1. The van der Waals surface area contributed by atoms with Crippen molar-refractivity contribution in [3.8, 4) is 0 Å². The van der Waals surface area contributed by atoms with Crippen LogP contribution in [0.15, 0.2) is 47.5 Å². The lowest BCUT2D eigenvalue weighted by Crippen LogP contribution is -2.28. The second kappa shape index (κ2) is 6.19. The maximum Gasteiger partial charge on any atom is 0.261 e. The molecule has 0 aliphatic heterocycles. The zero-order valence-corrected chi connectivity index (χ0v) is 12.7. The number of hydrogen-bond acceptors (Lipinski definition) is 3. The van der Waals surface area contributed by atoms with Crippen LogP contribution in [-0.2, 0) is 11.3 Å². The predicted molar refractivity (Wildman–Crippen MR) is 85.7 cm³/mol. The van der Waals surface area contributed by atoms with Crippen molar-refractivity contribution in [3.63, 3.8) is 0 Å². The topological polar surface area (TPSA) is 64.0 Å². The number of fused-ring (bicyclic) bond motifs is 1. The molecule has 0 saturated carbocycles. The Balaban J connectivity index is 1.85. The molecule has 0 saturated heterocycles. The van der Waals surface area contributed by atoms with Crippen LogP contribution in [0.5, 0.6) is 0 Å². The normalized spacial score (nSPS) is 10.8. The zero-order chi connectivity index (χ0) is 17.3. The third-order valence-electron chi connectivity index (χ3n) is 3.44. The Labute approximate surface area is 135 Å². The Kier molecular flexibility index (Phi) is 4.07. The summed E-state index contributed by atoms with van der Waals surface area (Å²) in [5, 5.41) is 2.76. The highest BCUT2D eigenvalue weighted by molar-refractivity contribution is 5.90. The Bertz CT molecular complexity index is 979. The van der Waals surface area contributed by atoms with E-state index >= 15 is 0 Å². The summed E-state index contributed by atoms with van der Waals surface area (Å²) in [6.45, 7) is 1.54. The number of aromatic nitrogens is 2. The third-order valence-corrected chi connectivity index (χ3v) is 3.44. The molecule has 1 N–H and O–H groups in total. The van der Waals surface area contributed by atoms with Crippen molar-refractivity contribution in [1.82, 2.24) is 9.55 Å². The molecule has 1 aromatic heterocycles. The molecule has 3 rings (SSSR count). The first-order valence-electron chi connectivity index (χ1n) is 7.14. The Hall–Kier alpha value is -3.09. The van der Waals surface area contributed by atoms with Crippen LogP contribution in [0.3, 0.4) is 0 Å². The fourth-order valence-electron chi connectivity index (χ4n) is 2.37. The van der Waals surface area contributed by atoms with E-state index in [9.17, 15) is 18.4 Å². The molecule has 5 nitrogen and oxygen atoms in total. The fourth-order valence-corrected chi connectivity index (χ4v) is 2.37. The molecule has 1 heterocycles. The van der Waals surface area contributed by atoms with Gasteiger partial charge in [-0.25, -0.2) is 13.8 Å². The molecule has 3 aromatic rings. The Morgan fingerprint density at radius 2 is 1.88 bits per heavy atom. The highest BCUT2D eigenvalue weighted by Crippen LogP contribution is 2.13. The first-order chi connectivity index (χ1) is 11.4. The van der Waals surface area contributed by atoms with Gasteiger partial charge in [-0.3, -0.25) is 14.2 Å². The van der Waals surface area contributed by atoms with Crippen LogP contribution in [0.25, 0.3) is 10.9 Å². The number of nitrogens with one attached hydrogen (secondary N) is 1. The number of hydrogen-bond donors (Lipinski definition) is 1. The number of halogens is 2. The molecule has 0 aliphatic rings. The molecular formula is C17H13F2N3O2. The number of nitrogens with zero attached hydrogens (tertiary/aromatic N) is 2. The Morgan fingerprint density at radius 1 is 1.17 bits per heavy atom. The molecule has 0 unspecified atom stereocenters. The van der Waals surface area contributed by atoms with Gasteiger partial charge < -0.3 is 5.32 Å². The summed E-state index contributed by atoms with van der Waals surface area (Å²) >= 11 is 0. The molecule has 0 fully saturated rings. The van der Waals surface area contributed by atoms with Crippen LogP contribution in [0.4, 0.5) is 14.5 Å². The molecule has 2 aromatic carbocycles. The number of aryl methyl sites for hydroxylation is 1. The predicted octanol–water partition coefficient (Wildman–Crippen LogP) is 2.62. The van der Waals surface area contributed by atoms with Gasteiger partial charge in [-0.1, -0.05) is 11.6 Å². The van der Waals surface area contributed by atoms with Crippen LogP contribution < -0.4 is 10.9 Å². The fraction of sp³-hybridized carbons (Fsp3) is 0.118. The van der Waals surface area contributed by atoms with E-state index in [2.05, 4.69) is 10.3 Å². The second-order valence-corrected chi connectivity index (χ2v) is 5.40. The van der Waals surface area contributed by atoms with E-state index in [0.717, 1.165) is 22.3 Å². The Morgan fingerprint density at radius 3 is 2.58 bits per heavy atom. The minimum Gasteiger partial charge on any atom is -0.324 e. The van der Waals surface area contributed by atoms with Gasteiger partial charge >= 0.3 is 0 Å². The van der Waals surface area contributed by atoms with Crippen molar-refractivity contribution >= 4 is 22.5 Å². The van der Waals surface area contributed by atoms with Gasteiger partial charge in [-0.05, 0) is 31.2 Å². The van der Waals surface area contributed by atoms with Crippen LogP contribution in [0, 0.1) is 18.6 Å². The number of carbonyl (C=O) groups excluding carboxylic acids is 1. The summed E-state index contributed by atoms with van der Waals surface area (Å²) in [6, 6.07) is 7.95. The van der Waals surface area contributed by atoms with Gasteiger partial charge in [-0.2, -0.15) is 0 Å². The van der Waals surface area contributed by atoms with E-state index in [0.29, 0.717) is 17.0 Å². The summed E-state index contributed by atoms with van der Waals surface area (Å²) in [6.07, 6.45) is 1.27. The highest BCUT2D eigenvalue weighted by Gasteiger charge is 2.10. The van der Waals surface area contributed by atoms with Gasteiger partial charge in [0.2, 0.25) is 5.91 Å². The van der Waals surface area contributed by atoms with E-state index in [4.69, 9.17) is 0 Å². The molecule has 0 bridgehead atoms. The first-order valence-corrected chi connectivity index (χ1v) is 7.14. The molecule has 1 amide bonds. The van der Waals surface area contributed by atoms with Gasteiger partial charge in [-0.15, -0.1) is 0 Å². The van der Waals surface area contributed by atoms with Gasteiger partial charge in [0.25, 0.3) is 5.56 Å². The van der Waals surface area contributed by atoms with E-state index in [1.165, 1.54) is 6.33 Å². The first kappa shape index (κ1) is 15.8. The van der Waals surface area contributed by atoms with Gasteiger partial charge in [0.1, 0.15) is 18.2 Å². The maximum atomic E-state index is 13.1. The van der Waals surface area contributed by atoms with Crippen molar-refractivity contribution in [2.24, 2.45) is 0 Å². The van der Waals surface area contributed by atoms with Gasteiger partial charge in [0, 0.05) is 11.8 Å². The van der Waals surface area contributed by atoms with Crippen molar-refractivity contribution in [1.29, 1.82) is 0 Å². The summed E-state index contributed by atoms with van der Waals surface area (Å²) in [5.74, 6) is -2.19. The van der Waals surface area contributed by atoms with Gasteiger partial charge in [0.05, 0.1) is 17.2 Å². The minimum absolute atomic E-state index is 0.0184. The van der Waals surface area contributed by atoms with Crippen LogP contribution >= 0.6 is 0 Å². The number of benzene rings is 2. The van der Waals surface area contributed by atoms with Crippen molar-refractivity contribution in [2.45, 2.75) is 13.5 Å². The third kappa shape index (κ3) is 3.29. The standard InChI is InChI=1S/C17H13F2N3O2/c1-10-2-3-15-14(4-10)17(24)22(9-20-15)8-16(23)21-13-6-11(18)5-12(19)7-13/h2-7,9H,8H2,1H3,(H,21,23). The number of rotatable bonds is 3. The molecule has 122 valence electrons. The van der Waals surface area contributed by atoms with Crippen molar-refractivity contribution < 1.29 is 13.6 Å². The van der Waals surface area contributed by atoms with Crippen molar-refractivity contribution in [3.05, 3.63) is 70.3 Å².